The summed E-state index contributed by atoms with van der Waals surface area (Å²) in [6, 6.07) is 7.76. The van der Waals surface area contributed by atoms with Crippen LogP contribution in [0.2, 0.25) is 0 Å². The van der Waals surface area contributed by atoms with Gasteiger partial charge in [0, 0.05) is 11.5 Å². The fourth-order valence-electron chi connectivity index (χ4n) is 3.05. The van der Waals surface area contributed by atoms with Gasteiger partial charge in [-0.1, -0.05) is 30.9 Å². The Hall–Kier alpha value is -1.57. The van der Waals surface area contributed by atoms with E-state index in [0.717, 1.165) is 11.0 Å². The first kappa shape index (κ1) is 11.5. The lowest BCUT2D eigenvalue weighted by molar-refractivity contribution is 0.442. The molecule has 0 saturated heterocycles. The summed E-state index contributed by atoms with van der Waals surface area (Å²) in [6.07, 6.45) is 6.28. The van der Waals surface area contributed by atoms with Crippen molar-refractivity contribution in [1.29, 1.82) is 0 Å². The van der Waals surface area contributed by atoms with Crippen molar-refractivity contribution in [3.05, 3.63) is 45.8 Å². The van der Waals surface area contributed by atoms with Gasteiger partial charge in [-0.05, 0) is 43.4 Å². The molecule has 1 aliphatic carbocycles. The molecule has 0 amide bonds. The molecule has 3 rings (SSSR count). The van der Waals surface area contributed by atoms with Gasteiger partial charge < -0.3 is 4.42 Å². The van der Waals surface area contributed by atoms with E-state index in [1.807, 2.05) is 12.1 Å². The van der Waals surface area contributed by atoms with Gasteiger partial charge in [-0.15, -0.1) is 0 Å². The van der Waals surface area contributed by atoms with E-state index >= 15 is 0 Å². The van der Waals surface area contributed by atoms with Gasteiger partial charge in [-0.2, -0.15) is 0 Å². The molecule has 2 heteroatoms. The zero-order valence-electron chi connectivity index (χ0n) is 10.7. The van der Waals surface area contributed by atoms with E-state index in [4.69, 9.17) is 4.42 Å². The SMILES string of the molecule is Cc1ccc2oc(=O)cc(C3CCCCC3)c2c1. The first-order valence-corrected chi connectivity index (χ1v) is 6.78. The highest BCUT2D eigenvalue weighted by Crippen LogP contribution is 2.35. The van der Waals surface area contributed by atoms with Crippen LogP contribution in [0, 0.1) is 6.92 Å². The zero-order chi connectivity index (χ0) is 12.5. The minimum Gasteiger partial charge on any atom is -0.423 e. The molecule has 1 heterocycles. The lowest BCUT2D eigenvalue weighted by Gasteiger charge is -2.22. The van der Waals surface area contributed by atoms with Crippen LogP contribution in [0.3, 0.4) is 0 Å². The van der Waals surface area contributed by atoms with Crippen LogP contribution in [0.25, 0.3) is 11.0 Å². The number of rotatable bonds is 1. The van der Waals surface area contributed by atoms with Crippen molar-refractivity contribution in [2.45, 2.75) is 44.9 Å². The Bertz CT molecular complexity index is 619. The second kappa shape index (κ2) is 4.60. The third-order valence-electron chi connectivity index (χ3n) is 3.97. The van der Waals surface area contributed by atoms with E-state index < -0.39 is 0 Å². The number of hydrogen-bond acceptors (Lipinski definition) is 2. The van der Waals surface area contributed by atoms with Crippen LogP contribution in [-0.2, 0) is 0 Å². The second-order valence-corrected chi connectivity index (χ2v) is 5.36. The van der Waals surface area contributed by atoms with Crippen LogP contribution in [0.15, 0.2) is 33.5 Å². The fraction of sp³-hybridized carbons (Fsp3) is 0.438. The molecule has 0 unspecified atom stereocenters. The Kier molecular flexibility index (Phi) is 2.94. The van der Waals surface area contributed by atoms with Gasteiger partial charge in [0.05, 0.1) is 0 Å². The summed E-state index contributed by atoms with van der Waals surface area (Å²) in [5, 5.41) is 1.13. The van der Waals surface area contributed by atoms with Crippen LogP contribution in [0.5, 0.6) is 0 Å². The van der Waals surface area contributed by atoms with Gasteiger partial charge in [0.25, 0.3) is 0 Å². The fourth-order valence-corrected chi connectivity index (χ4v) is 3.05. The van der Waals surface area contributed by atoms with Crippen molar-refractivity contribution in [3.8, 4) is 0 Å². The monoisotopic (exact) mass is 242 g/mol. The van der Waals surface area contributed by atoms with Crippen LogP contribution >= 0.6 is 0 Å². The van der Waals surface area contributed by atoms with E-state index in [1.54, 1.807) is 6.07 Å². The summed E-state index contributed by atoms with van der Waals surface area (Å²) in [6.45, 7) is 2.08. The molecule has 0 aliphatic heterocycles. The normalized spacial score (nSPS) is 17.2. The number of benzene rings is 1. The van der Waals surface area contributed by atoms with Crippen molar-refractivity contribution < 1.29 is 4.42 Å². The number of hydrogen-bond donors (Lipinski definition) is 0. The van der Waals surface area contributed by atoms with Crippen LogP contribution in [0.4, 0.5) is 0 Å². The minimum absolute atomic E-state index is 0.216. The van der Waals surface area contributed by atoms with Crippen molar-refractivity contribution >= 4 is 11.0 Å². The Morgan fingerprint density at radius 1 is 1.11 bits per heavy atom. The maximum atomic E-state index is 11.7. The molecular formula is C16H18O2. The second-order valence-electron chi connectivity index (χ2n) is 5.36. The van der Waals surface area contributed by atoms with Crippen molar-refractivity contribution in [2.24, 2.45) is 0 Å². The number of aryl methyl sites for hydroxylation is 1. The topological polar surface area (TPSA) is 30.2 Å². The minimum atomic E-state index is -0.216. The molecule has 2 nitrogen and oxygen atoms in total. The molecule has 1 aromatic heterocycles. The number of fused-ring (bicyclic) bond motifs is 1. The van der Waals surface area contributed by atoms with Gasteiger partial charge in [0.2, 0.25) is 0 Å². The standard InChI is InChI=1S/C16H18O2/c1-11-7-8-15-14(9-11)13(10-16(17)18-15)12-5-3-2-4-6-12/h7-10,12H,2-6H2,1H3. The molecule has 0 spiro atoms. The largest absolute Gasteiger partial charge is 0.423 e. The maximum Gasteiger partial charge on any atom is 0.336 e. The molecule has 0 radical (unpaired) electrons. The third-order valence-corrected chi connectivity index (χ3v) is 3.97. The predicted octanol–water partition coefficient (Wildman–Crippen LogP) is 4.15. The first-order valence-electron chi connectivity index (χ1n) is 6.78. The lowest BCUT2D eigenvalue weighted by Crippen LogP contribution is -2.09. The summed E-state index contributed by atoms with van der Waals surface area (Å²) >= 11 is 0. The molecule has 2 aromatic rings. The summed E-state index contributed by atoms with van der Waals surface area (Å²) in [4.78, 5) is 11.7. The Morgan fingerprint density at radius 2 is 1.89 bits per heavy atom. The molecule has 1 fully saturated rings. The highest BCUT2D eigenvalue weighted by molar-refractivity contribution is 5.81. The van der Waals surface area contributed by atoms with E-state index in [9.17, 15) is 4.79 Å². The van der Waals surface area contributed by atoms with Crippen molar-refractivity contribution in [1.82, 2.24) is 0 Å². The molecule has 94 valence electrons. The van der Waals surface area contributed by atoms with Gasteiger partial charge in [0.15, 0.2) is 0 Å². The van der Waals surface area contributed by atoms with E-state index in [0.29, 0.717) is 5.92 Å². The van der Waals surface area contributed by atoms with E-state index in [-0.39, 0.29) is 5.63 Å². The highest BCUT2D eigenvalue weighted by Gasteiger charge is 2.19. The smallest absolute Gasteiger partial charge is 0.336 e. The molecule has 0 bridgehead atoms. The first-order chi connectivity index (χ1) is 8.74. The summed E-state index contributed by atoms with van der Waals surface area (Å²) in [7, 11) is 0. The van der Waals surface area contributed by atoms with Crippen LogP contribution in [0.1, 0.15) is 49.1 Å². The third kappa shape index (κ3) is 2.07. The summed E-state index contributed by atoms with van der Waals surface area (Å²) < 4.78 is 5.29. The predicted molar refractivity (Wildman–Crippen MR) is 73.0 cm³/mol. The zero-order valence-corrected chi connectivity index (χ0v) is 10.7. The molecule has 18 heavy (non-hydrogen) atoms. The highest BCUT2D eigenvalue weighted by atomic mass is 16.4. The van der Waals surface area contributed by atoms with Crippen LogP contribution < -0.4 is 5.63 Å². The molecule has 1 aromatic carbocycles. The van der Waals surface area contributed by atoms with Crippen molar-refractivity contribution in [2.75, 3.05) is 0 Å². The van der Waals surface area contributed by atoms with E-state index in [2.05, 4.69) is 13.0 Å². The lowest BCUT2D eigenvalue weighted by atomic mass is 9.83. The molecule has 0 atom stereocenters. The molecule has 1 aliphatic rings. The van der Waals surface area contributed by atoms with E-state index in [1.165, 1.54) is 43.2 Å². The van der Waals surface area contributed by atoms with Gasteiger partial charge in [-0.25, -0.2) is 4.79 Å². The van der Waals surface area contributed by atoms with Gasteiger partial charge in [-0.3, -0.25) is 0 Å². The molecule has 1 saturated carbocycles. The van der Waals surface area contributed by atoms with Crippen molar-refractivity contribution in [3.63, 3.8) is 0 Å². The Balaban J connectivity index is 2.19. The van der Waals surface area contributed by atoms with Gasteiger partial charge >= 0.3 is 5.63 Å². The maximum absolute atomic E-state index is 11.7. The van der Waals surface area contributed by atoms with Gasteiger partial charge in [0.1, 0.15) is 5.58 Å². The molecular weight excluding hydrogens is 224 g/mol. The van der Waals surface area contributed by atoms with Crippen LogP contribution in [-0.4, -0.2) is 0 Å². The summed E-state index contributed by atoms with van der Waals surface area (Å²) in [5.41, 5.74) is 2.93. The Labute approximate surface area is 107 Å². The Morgan fingerprint density at radius 3 is 2.67 bits per heavy atom. The molecule has 0 N–H and O–H groups in total. The summed E-state index contributed by atoms with van der Waals surface area (Å²) in [5.74, 6) is 0.534. The average molecular weight is 242 g/mol. The quantitative estimate of drug-likeness (QED) is 0.703. The average Bonchev–Trinajstić information content (AvgIpc) is 2.39.